The maximum Gasteiger partial charge on any atom is 0.252 e. The van der Waals surface area contributed by atoms with Crippen molar-refractivity contribution in [3.05, 3.63) is 28.0 Å². The molecule has 1 saturated heterocycles. The standard InChI is InChI=1S/C15H21BrFN3O/c1-10-2-5-20(6-3-10)7-4-19-15(21)11-8-14(18)13(17)9-12(11)16/h8-10H,2-7,18H2,1H3,(H,19,21). The molecule has 21 heavy (non-hydrogen) atoms. The number of hydrogen-bond donors (Lipinski definition) is 2. The summed E-state index contributed by atoms with van der Waals surface area (Å²) in [6.45, 7) is 5.87. The van der Waals surface area contributed by atoms with Crippen LogP contribution in [0, 0.1) is 11.7 Å². The molecule has 0 radical (unpaired) electrons. The summed E-state index contributed by atoms with van der Waals surface area (Å²) in [7, 11) is 0. The highest BCUT2D eigenvalue weighted by atomic mass is 79.9. The lowest BCUT2D eigenvalue weighted by molar-refractivity contribution is 0.0943. The van der Waals surface area contributed by atoms with Crippen LogP contribution in [0.3, 0.4) is 0 Å². The molecule has 1 heterocycles. The number of amides is 1. The lowest BCUT2D eigenvalue weighted by Gasteiger charge is -2.30. The molecule has 0 aliphatic carbocycles. The van der Waals surface area contributed by atoms with Crippen LogP contribution in [-0.2, 0) is 0 Å². The third-order valence-electron chi connectivity index (χ3n) is 3.92. The highest BCUT2D eigenvalue weighted by molar-refractivity contribution is 9.10. The first-order valence-corrected chi connectivity index (χ1v) is 8.01. The number of nitrogen functional groups attached to an aromatic ring is 1. The van der Waals surface area contributed by atoms with Crippen molar-refractivity contribution in [1.29, 1.82) is 0 Å². The number of nitrogens with one attached hydrogen (secondary N) is 1. The van der Waals surface area contributed by atoms with E-state index >= 15 is 0 Å². The minimum atomic E-state index is -0.527. The molecule has 6 heteroatoms. The smallest absolute Gasteiger partial charge is 0.252 e. The van der Waals surface area contributed by atoms with Crippen LogP contribution in [0.15, 0.2) is 16.6 Å². The Labute approximate surface area is 133 Å². The monoisotopic (exact) mass is 357 g/mol. The fraction of sp³-hybridized carbons (Fsp3) is 0.533. The van der Waals surface area contributed by atoms with Gasteiger partial charge in [-0.15, -0.1) is 0 Å². The number of nitrogens with two attached hydrogens (primary N) is 1. The molecule has 0 aromatic heterocycles. The number of likely N-dealkylation sites (tertiary alicyclic amines) is 1. The third-order valence-corrected chi connectivity index (χ3v) is 4.58. The molecule has 1 aromatic rings. The molecule has 1 amide bonds. The number of anilines is 1. The van der Waals surface area contributed by atoms with Crippen LogP contribution in [0.4, 0.5) is 10.1 Å². The van der Waals surface area contributed by atoms with Gasteiger partial charge in [-0.2, -0.15) is 0 Å². The quantitative estimate of drug-likeness (QED) is 0.814. The van der Waals surface area contributed by atoms with Gasteiger partial charge >= 0.3 is 0 Å². The molecule has 0 spiro atoms. The molecule has 0 bridgehead atoms. The second-order valence-corrected chi connectivity index (χ2v) is 6.49. The molecule has 0 unspecified atom stereocenters. The first kappa shape index (κ1) is 16.2. The summed E-state index contributed by atoms with van der Waals surface area (Å²) in [4.78, 5) is 14.4. The second-order valence-electron chi connectivity index (χ2n) is 5.63. The summed E-state index contributed by atoms with van der Waals surface area (Å²) < 4.78 is 13.7. The van der Waals surface area contributed by atoms with Crippen molar-refractivity contribution in [2.24, 2.45) is 5.92 Å². The number of halogens is 2. The van der Waals surface area contributed by atoms with Crippen LogP contribution in [0.25, 0.3) is 0 Å². The predicted molar refractivity (Wildman–Crippen MR) is 85.7 cm³/mol. The lowest BCUT2D eigenvalue weighted by atomic mass is 9.99. The summed E-state index contributed by atoms with van der Waals surface area (Å²) >= 11 is 3.19. The Morgan fingerprint density at radius 2 is 2.14 bits per heavy atom. The van der Waals surface area contributed by atoms with Gasteiger partial charge in [-0.05, 0) is 59.9 Å². The van der Waals surface area contributed by atoms with Gasteiger partial charge in [0, 0.05) is 17.6 Å². The summed E-state index contributed by atoms with van der Waals surface area (Å²) in [5, 5.41) is 2.86. The summed E-state index contributed by atoms with van der Waals surface area (Å²) in [5.74, 6) is 0.0359. The van der Waals surface area contributed by atoms with Crippen molar-refractivity contribution in [2.75, 3.05) is 31.9 Å². The number of hydrogen-bond acceptors (Lipinski definition) is 3. The largest absolute Gasteiger partial charge is 0.396 e. The van der Waals surface area contributed by atoms with Crippen LogP contribution < -0.4 is 11.1 Å². The van der Waals surface area contributed by atoms with E-state index in [9.17, 15) is 9.18 Å². The van der Waals surface area contributed by atoms with Crippen LogP contribution in [0.5, 0.6) is 0 Å². The Morgan fingerprint density at radius 3 is 2.81 bits per heavy atom. The summed E-state index contributed by atoms with van der Waals surface area (Å²) in [5.41, 5.74) is 5.84. The Hall–Kier alpha value is -1.14. The Balaban J connectivity index is 1.83. The normalized spacial score (nSPS) is 16.9. The average Bonchev–Trinajstić information content (AvgIpc) is 2.45. The van der Waals surface area contributed by atoms with E-state index in [1.54, 1.807) is 0 Å². The van der Waals surface area contributed by atoms with Gasteiger partial charge < -0.3 is 16.0 Å². The number of carbonyl (C=O) groups excluding carboxylic acids is 1. The van der Waals surface area contributed by atoms with Crippen LogP contribution in [0.1, 0.15) is 30.1 Å². The SMILES string of the molecule is CC1CCN(CCNC(=O)c2cc(N)c(F)cc2Br)CC1. The number of benzene rings is 1. The molecule has 1 aliphatic heterocycles. The van der Waals surface area contributed by atoms with Gasteiger partial charge in [0.1, 0.15) is 5.82 Å². The molecule has 3 N–H and O–H groups in total. The predicted octanol–water partition coefficient (Wildman–Crippen LogP) is 2.63. The van der Waals surface area contributed by atoms with Crippen LogP contribution in [0.2, 0.25) is 0 Å². The minimum absolute atomic E-state index is 0.0200. The molecule has 2 rings (SSSR count). The van der Waals surface area contributed by atoms with Gasteiger partial charge in [-0.25, -0.2) is 4.39 Å². The van der Waals surface area contributed by atoms with Crippen molar-refractivity contribution in [3.8, 4) is 0 Å². The van der Waals surface area contributed by atoms with E-state index in [-0.39, 0.29) is 11.6 Å². The number of nitrogens with zero attached hydrogens (tertiary/aromatic N) is 1. The van der Waals surface area contributed by atoms with Gasteiger partial charge in [0.15, 0.2) is 0 Å². The van der Waals surface area contributed by atoms with Gasteiger partial charge in [0.2, 0.25) is 0 Å². The Kier molecular flexibility index (Phi) is 5.58. The van der Waals surface area contributed by atoms with E-state index in [2.05, 4.69) is 33.1 Å². The van der Waals surface area contributed by atoms with Crippen molar-refractivity contribution in [1.82, 2.24) is 10.2 Å². The van der Waals surface area contributed by atoms with Gasteiger partial charge in [-0.3, -0.25) is 4.79 Å². The van der Waals surface area contributed by atoms with E-state index in [4.69, 9.17) is 5.73 Å². The summed E-state index contributed by atoms with van der Waals surface area (Å²) in [6.07, 6.45) is 2.43. The van der Waals surface area contributed by atoms with Crippen molar-refractivity contribution < 1.29 is 9.18 Å². The molecule has 1 aromatic carbocycles. The Morgan fingerprint density at radius 1 is 1.48 bits per heavy atom. The topological polar surface area (TPSA) is 58.4 Å². The fourth-order valence-corrected chi connectivity index (χ4v) is 2.94. The van der Waals surface area contributed by atoms with Crippen LogP contribution in [-0.4, -0.2) is 37.0 Å². The molecule has 1 fully saturated rings. The molecular weight excluding hydrogens is 337 g/mol. The zero-order valence-corrected chi connectivity index (χ0v) is 13.7. The zero-order valence-electron chi connectivity index (χ0n) is 12.2. The number of piperidine rings is 1. The van der Waals surface area contributed by atoms with E-state index in [0.29, 0.717) is 16.6 Å². The van der Waals surface area contributed by atoms with Crippen LogP contribution >= 0.6 is 15.9 Å². The first-order valence-electron chi connectivity index (χ1n) is 7.22. The Bertz CT molecular complexity index is 516. The van der Waals surface area contributed by atoms with E-state index in [1.807, 2.05) is 0 Å². The lowest BCUT2D eigenvalue weighted by Crippen LogP contribution is -2.39. The maximum absolute atomic E-state index is 13.3. The number of carbonyl (C=O) groups is 1. The van der Waals surface area contributed by atoms with Gasteiger partial charge in [-0.1, -0.05) is 6.92 Å². The minimum Gasteiger partial charge on any atom is -0.396 e. The van der Waals surface area contributed by atoms with Gasteiger partial charge in [0.05, 0.1) is 11.3 Å². The van der Waals surface area contributed by atoms with E-state index < -0.39 is 5.82 Å². The van der Waals surface area contributed by atoms with E-state index in [1.165, 1.54) is 25.0 Å². The molecule has 1 aliphatic rings. The molecular formula is C15H21BrFN3O. The molecule has 116 valence electrons. The molecule has 0 saturated carbocycles. The number of rotatable bonds is 4. The highest BCUT2D eigenvalue weighted by Gasteiger charge is 2.16. The highest BCUT2D eigenvalue weighted by Crippen LogP contribution is 2.22. The van der Waals surface area contributed by atoms with Gasteiger partial charge in [0.25, 0.3) is 5.91 Å². The summed E-state index contributed by atoms with van der Waals surface area (Å²) in [6, 6.07) is 2.58. The van der Waals surface area contributed by atoms with Crippen molar-refractivity contribution >= 4 is 27.5 Å². The van der Waals surface area contributed by atoms with Crippen molar-refractivity contribution in [3.63, 3.8) is 0 Å². The average molecular weight is 358 g/mol. The first-order chi connectivity index (χ1) is 9.97. The second kappa shape index (κ2) is 7.22. The van der Waals surface area contributed by atoms with Crippen molar-refractivity contribution in [2.45, 2.75) is 19.8 Å². The fourth-order valence-electron chi connectivity index (χ4n) is 2.45. The zero-order chi connectivity index (χ0) is 15.4. The van der Waals surface area contributed by atoms with E-state index in [0.717, 1.165) is 25.6 Å². The third kappa shape index (κ3) is 4.41. The molecule has 4 nitrogen and oxygen atoms in total. The molecule has 0 atom stereocenters. The maximum atomic E-state index is 13.3.